The van der Waals surface area contributed by atoms with Crippen molar-refractivity contribution >= 4 is 34.2 Å². The largest absolute Gasteiger partial charge is 0.325 e. The number of hydrogen-bond donors (Lipinski definition) is 2. The van der Waals surface area contributed by atoms with E-state index in [2.05, 4.69) is 27.9 Å². The topological polar surface area (TPSA) is 55.1 Å². The third kappa shape index (κ3) is 3.26. The van der Waals surface area contributed by atoms with E-state index in [4.69, 9.17) is 5.73 Å². The van der Waals surface area contributed by atoms with E-state index in [1.54, 1.807) is 0 Å². The number of nitrogens with one attached hydrogen (secondary N) is 1. The molecule has 1 rings (SSSR count). The van der Waals surface area contributed by atoms with E-state index < -0.39 is 6.04 Å². The summed E-state index contributed by atoms with van der Waals surface area (Å²) in [5, 5.41) is 2.75. The first-order chi connectivity index (χ1) is 6.63. The summed E-state index contributed by atoms with van der Waals surface area (Å²) < 4.78 is 1.14. The number of carbonyl (C=O) groups is 1. The lowest BCUT2D eigenvalue weighted by atomic mass is 10.2. The average molecular weight is 304 g/mol. The molecule has 0 radical (unpaired) electrons. The summed E-state index contributed by atoms with van der Waals surface area (Å²) in [7, 11) is 0. The second kappa shape index (κ2) is 5.31. The zero-order valence-electron chi connectivity index (χ0n) is 7.96. The molecule has 4 heteroatoms. The molecule has 0 aliphatic rings. The van der Waals surface area contributed by atoms with Gasteiger partial charge >= 0.3 is 0 Å². The van der Waals surface area contributed by atoms with Crippen molar-refractivity contribution in [3.63, 3.8) is 0 Å². The number of carbonyl (C=O) groups excluding carboxylic acids is 1. The van der Waals surface area contributed by atoms with Crippen LogP contribution in [0.15, 0.2) is 24.3 Å². The zero-order valence-corrected chi connectivity index (χ0v) is 10.1. The number of halogens is 1. The highest BCUT2D eigenvalue weighted by atomic mass is 127. The van der Waals surface area contributed by atoms with Crippen molar-refractivity contribution < 1.29 is 4.79 Å². The second-order valence-corrected chi connectivity index (χ2v) is 4.26. The normalized spacial score (nSPS) is 12.2. The highest BCUT2D eigenvalue weighted by molar-refractivity contribution is 14.1. The van der Waals surface area contributed by atoms with E-state index in [9.17, 15) is 4.79 Å². The highest BCUT2D eigenvalue weighted by Crippen LogP contribution is 2.11. The molecule has 0 saturated heterocycles. The molecule has 1 aromatic carbocycles. The molecule has 76 valence electrons. The van der Waals surface area contributed by atoms with Gasteiger partial charge in [-0.05, 0) is 53.3 Å². The molecule has 0 spiro atoms. The van der Waals surface area contributed by atoms with Gasteiger partial charge < -0.3 is 11.1 Å². The first-order valence-corrected chi connectivity index (χ1v) is 5.53. The van der Waals surface area contributed by atoms with Crippen molar-refractivity contribution in [1.29, 1.82) is 0 Å². The van der Waals surface area contributed by atoms with E-state index in [0.29, 0.717) is 6.42 Å². The SMILES string of the molecule is CCC(N)C(=O)Nc1ccc(I)cc1. The van der Waals surface area contributed by atoms with Gasteiger partial charge in [-0.1, -0.05) is 6.92 Å². The van der Waals surface area contributed by atoms with Crippen LogP contribution >= 0.6 is 22.6 Å². The predicted molar refractivity (Wildman–Crippen MR) is 66.1 cm³/mol. The average Bonchev–Trinajstić information content (AvgIpc) is 2.20. The molecule has 0 heterocycles. The minimum Gasteiger partial charge on any atom is -0.325 e. The Morgan fingerprint density at radius 3 is 2.57 bits per heavy atom. The minimum atomic E-state index is -0.422. The van der Waals surface area contributed by atoms with Crippen molar-refractivity contribution in [3.05, 3.63) is 27.8 Å². The van der Waals surface area contributed by atoms with Gasteiger partial charge in [-0.3, -0.25) is 4.79 Å². The van der Waals surface area contributed by atoms with E-state index >= 15 is 0 Å². The van der Waals surface area contributed by atoms with Gasteiger partial charge in [0.2, 0.25) is 5.91 Å². The Labute approximate surface area is 97.2 Å². The van der Waals surface area contributed by atoms with Crippen LogP contribution < -0.4 is 11.1 Å². The Morgan fingerprint density at radius 2 is 2.07 bits per heavy atom. The maximum absolute atomic E-state index is 11.4. The van der Waals surface area contributed by atoms with Gasteiger partial charge in [0.05, 0.1) is 6.04 Å². The maximum atomic E-state index is 11.4. The molecule has 0 bridgehead atoms. The highest BCUT2D eigenvalue weighted by Gasteiger charge is 2.10. The van der Waals surface area contributed by atoms with E-state index in [1.807, 2.05) is 31.2 Å². The van der Waals surface area contributed by atoms with Crippen LogP contribution in [0.1, 0.15) is 13.3 Å². The van der Waals surface area contributed by atoms with E-state index in [0.717, 1.165) is 9.26 Å². The summed E-state index contributed by atoms with van der Waals surface area (Å²) in [6.45, 7) is 1.89. The number of hydrogen-bond acceptors (Lipinski definition) is 2. The van der Waals surface area contributed by atoms with Crippen LogP contribution in [0, 0.1) is 3.57 Å². The van der Waals surface area contributed by atoms with Gasteiger partial charge in [-0.2, -0.15) is 0 Å². The number of anilines is 1. The molecule has 3 nitrogen and oxygen atoms in total. The summed E-state index contributed by atoms with van der Waals surface area (Å²) >= 11 is 2.21. The molecule has 1 amide bonds. The molecule has 1 aromatic rings. The van der Waals surface area contributed by atoms with Gasteiger partial charge in [-0.25, -0.2) is 0 Å². The standard InChI is InChI=1S/C10H13IN2O/c1-2-9(12)10(14)13-8-5-3-7(11)4-6-8/h3-6,9H,2,12H2,1H3,(H,13,14). The molecule has 1 unspecified atom stereocenters. The minimum absolute atomic E-state index is 0.131. The number of amides is 1. The first kappa shape index (κ1) is 11.5. The van der Waals surface area contributed by atoms with Crippen molar-refractivity contribution in [3.8, 4) is 0 Å². The maximum Gasteiger partial charge on any atom is 0.241 e. The lowest BCUT2D eigenvalue weighted by Gasteiger charge is -2.09. The summed E-state index contributed by atoms with van der Waals surface area (Å²) in [6, 6.07) is 7.18. The number of rotatable bonds is 3. The van der Waals surface area contributed by atoms with E-state index in [1.165, 1.54) is 0 Å². The smallest absolute Gasteiger partial charge is 0.241 e. The van der Waals surface area contributed by atoms with E-state index in [-0.39, 0.29) is 5.91 Å². The summed E-state index contributed by atoms with van der Waals surface area (Å²) in [4.78, 5) is 11.4. The predicted octanol–water partition coefficient (Wildman–Crippen LogP) is 1.97. The summed E-state index contributed by atoms with van der Waals surface area (Å²) in [5.74, 6) is -0.131. The molecular formula is C10H13IN2O. The third-order valence-corrected chi connectivity index (χ3v) is 2.61. The van der Waals surface area contributed by atoms with Crippen LogP contribution in [-0.4, -0.2) is 11.9 Å². The van der Waals surface area contributed by atoms with Gasteiger partial charge in [0, 0.05) is 9.26 Å². The van der Waals surface area contributed by atoms with Crippen LogP contribution in [0.3, 0.4) is 0 Å². The van der Waals surface area contributed by atoms with Crippen LogP contribution in [0.4, 0.5) is 5.69 Å². The monoisotopic (exact) mass is 304 g/mol. The molecular weight excluding hydrogens is 291 g/mol. The lowest BCUT2D eigenvalue weighted by Crippen LogP contribution is -2.34. The quantitative estimate of drug-likeness (QED) is 0.839. The van der Waals surface area contributed by atoms with Crippen LogP contribution in [-0.2, 0) is 4.79 Å². The Balaban J connectivity index is 2.60. The number of benzene rings is 1. The van der Waals surface area contributed by atoms with Crippen molar-refractivity contribution in [2.45, 2.75) is 19.4 Å². The molecule has 3 N–H and O–H groups in total. The van der Waals surface area contributed by atoms with Gasteiger partial charge in [0.1, 0.15) is 0 Å². The molecule has 0 aliphatic carbocycles. The van der Waals surface area contributed by atoms with Crippen LogP contribution in [0.5, 0.6) is 0 Å². The lowest BCUT2D eigenvalue weighted by molar-refractivity contribution is -0.117. The summed E-state index contributed by atoms with van der Waals surface area (Å²) in [6.07, 6.45) is 0.649. The van der Waals surface area contributed by atoms with Crippen molar-refractivity contribution in [1.82, 2.24) is 0 Å². The molecule has 1 atom stereocenters. The number of nitrogens with two attached hydrogens (primary N) is 1. The van der Waals surface area contributed by atoms with Crippen LogP contribution in [0.25, 0.3) is 0 Å². The molecule has 0 saturated carbocycles. The van der Waals surface area contributed by atoms with Crippen LogP contribution in [0.2, 0.25) is 0 Å². The molecule has 14 heavy (non-hydrogen) atoms. The van der Waals surface area contributed by atoms with Gasteiger partial charge in [0.15, 0.2) is 0 Å². The van der Waals surface area contributed by atoms with Gasteiger partial charge in [-0.15, -0.1) is 0 Å². The molecule has 0 aliphatic heterocycles. The summed E-state index contributed by atoms with van der Waals surface area (Å²) in [5.41, 5.74) is 6.37. The first-order valence-electron chi connectivity index (χ1n) is 4.45. The fraction of sp³-hybridized carbons (Fsp3) is 0.300. The Morgan fingerprint density at radius 1 is 1.50 bits per heavy atom. The third-order valence-electron chi connectivity index (χ3n) is 1.89. The zero-order chi connectivity index (χ0) is 10.6. The fourth-order valence-corrected chi connectivity index (χ4v) is 1.31. The molecule has 0 aromatic heterocycles. The second-order valence-electron chi connectivity index (χ2n) is 3.01. The fourth-order valence-electron chi connectivity index (χ4n) is 0.954. The molecule has 0 fully saturated rings. The Hall–Kier alpha value is -0.620. The van der Waals surface area contributed by atoms with Crippen molar-refractivity contribution in [2.24, 2.45) is 5.73 Å². The van der Waals surface area contributed by atoms with Gasteiger partial charge in [0.25, 0.3) is 0 Å². The Kier molecular flexibility index (Phi) is 4.34. The van der Waals surface area contributed by atoms with Crippen molar-refractivity contribution in [2.75, 3.05) is 5.32 Å². The Bertz CT molecular complexity index is 310.